The summed E-state index contributed by atoms with van der Waals surface area (Å²) >= 11 is 1.89. The van der Waals surface area contributed by atoms with Crippen molar-refractivity contribution in [2.24, 2.45) is 4.99 Å². The van der Waals surface area contributed by atoms with Crippen molar-refractivity contribution < 1.29 is 4.74 Å². The van der Waals surface area contributed by atoms with Gasteiger partial charge in [-0.2, -0.15) is 0 Å². The van der Waals surface area contributed by atoms with Crippen molar-refractivity contribution in [1.29, 1.82) is 0 Å². The molecule has 0 saturated heterocycles. The average molecular weight is 387 g/mol. The van der Waals surface area contributed by atoms with Crippen LogP contribution in [0.5, 0.6) is 5.75 Å². The smallest absolute Gasteiger partial charge is 0.191 e. The predicted octanol–water partition coefficient (Wildman–Crippen LogP) is 2.91. The quantitative estimate of drug-likeness (QED) is 0.567. The summed E-state index contributed by atoms with van der Waals surface area (Å²) in [5, 5.41) is 9.09. The molecule has 0 bridgehead atoms. The Kier molecular flexibility index (Phi) is 7.12. The second kappa shape index (κ2) is 9.76. The highest BCUT2D eigenvalue weighted by atomic mass is 32.1. The Morgan fingerprint density at radius 2 is 2.07 bits per heavy atom. The third-order valence-electron chi connectivity index (χ3n) is 5.11. The van der Waals surface area contributed by atoms with Crippen LogP contribution in [0.25, 0.3) is 0 Å². The van der Waals surface area contributed by atoms with Crippen LogP contribution in [0.2, 0.25) is 0 Å². The normalized spacial score (nSPS) is 15.9. The van der Waals surface area contributed by atoms with Crippen molar-refractivity contribution in [2.75, 3.05) is 33.8 Å². The Labute approximate surface area is 166 Å². The van der Waals surface area contributed by atoms with Crippen LogP contribution in [-0.2, 0) is 19.4 Å². The number of hydrogen-bond donors (Lipinski definition) is 2. The molecule has 0 radical (unpaired) electrons. The minimum absolute atomic E-state index is 0.471. The van der Waals surface area contributed by atoms with Crippen LogP contribution >= 0.6 is 11.3 Å². The van der Waals surface area contributed by atoms with Crippen LogP contribution < -0.4 is 15.4 Å². The number of aliphatic imine (C=N–C) groups is 1. The summed E-state index contributed by atoms with van der Waals surface area (Å²) in [6.07, 6.45) is 2.12. The molecule has 2 aromatic rings. The second-order valence-corrected chi connectivity index (χ2v) is 7.92. The zero-order valence-electron chi connectivity index (χ0n) is 16.5. The molecule has 1 aromatic heterocycles. The third-order valence-corrected chi connectivity index (χ3v) is 6.14. The fourth-order valence-corrected chi connectivity index (χ4v) is 4.25. The summed E-state index contributed by atoms with van der Waals surface area (Å²) in [7, 11) is 3.52. The minimum atomic E-state index is 0.471. The highest BCUT2D eigenvalue weighted by Gasteiger charge is 2.21. The lowest BCUT2D eigenvalue weighted by atomic mass is 10.1. The molecule has 27 heavy (non-hydrogen) atoms. The highest BCUT2D eigenvalue weighted by Crippen LogP contribution is 2.24. The first-order valence-electron chi connectivity index (χ1n) is 9.56. The van der Waals surface area contributed by atoms with Gasteiger partial charge < -0.3 is 15.4 Å². The maximum absolute atomic E-state index is 5.20. The first-order chi connectivity index (χ1) is 13.2. The molecule has 6 heteroatoms. The molecule has 0 fully saturated rings. The molecule has 1 unspecified atom stereocenters. The molecule has 3 rings (SSSR count). The summed E-state index contributed by atoms with van der Waals surface area (Å²) in [5.74, 6) is 1.76. The van der Waals surface area contributed by atoms with E-state index in [1.54, 1.807) is 12.0 Å². The number of nitrogens with zero attached hydrogens (tertiary/aromatic N) is 2. The molecule has 0 amide bonds. The van der Waals surface area contributed by atoms with Gasteiger partial charge in [0.25, 0.3) is 0 Å². The molecular weight excluding hydrogens is 356 g/mol. The van der Waals surface area contributed by atoms with Gasteiger partial charge in [-0.15, -0.1) is 11.3 Å². The van der Waals surface area contributed by atoms with Gasteiger partial charge >= 0.3 is 0 Å². The van der Waals surface area contributed by atoms with E-state index < -0.39 is 0 Å². The van der Waals surface area contributed by atoms with Gasteiger partial charge in [0.15, 0.2) is 5.96 Å². The van der Waals surface area contributed by atoms with Gasteiger partial charge in [-0.1, -0.05) is 12.1 Å². The van der Waals surface area contributed by atoms with E-state index in [4.69, 9.17) is 4.74 Å². The molecule has 146 valence electrons. The summed E-state index contributed by atoms with van der Waals surface area (Å²) in [6, 6.07) is 11.0. The summed E-state index contributed by atoms with van der Waals surface area (Å²) in [5.41, 5.74) is 2.78. The van der Waals surface area contributed by atoms with Crippen LogP contribution in [-0.4, -0.2) is 50.7 Å². The highest BCUT2D eigenvalue weighted by molar-refractivity contribution is 7.10. The third kappa shape index (κ3) is 5.47. The van der Waals surface area contributed by atoms with Gasteiger partial charge in [-0.3, -0.25) is 9.89 Å². The van der Waals surface area contributed by atoms with Crippen molar-refractivity contribution in [3.8, 4) is 5.75 Å². The molecule has 0 spiro atoms. The zero-order chi connectivity index (χ0) is 19.1. The average Bonchev–Trinajstić information content (AvgIpc) is 3.18. The monoisotopic (exact) mass is 386 g/mol. The summed E-state index contributed by atoms with van der Waals surface area (Å²) < 4.78 is 5.20. The van der Waals surface area contributed by atoms with Crippen LogP contribution in [0.4, 0.5) is 0 Å². The van der Waals surface area contributed by atoms with Crippen LogP contribution in [0, 0.1) is 0 Å². The van der Waals surface area contributed by atoms with Gasteiger partial charge in [-0.05, 0) is 54.5 Å². The molecule has 1 aliphatic rings. The van der Waals surface area contributed by atoms with Crippen molar-refractivity contribution in [2.45, 2.75) is 32.4 Å². The number of rotatable bonds is 7. The van der Waals surface area contributed by atoms with Crippen LogP contribution in [0.15, 0.2) is 40.7 Å². The number of ether oxygens (including phenoxy) is 1. The van der Waals surface area contributed by atoms with Gasteiger partial charge in [0.05, 0.1) is 7.11 Å². The first-order valence-corrected chi connectivity index (χ1v) is 10.4. The van der Waals surface area contributed by atoms with Crippen LogP contribution in [0.3, 0.4) is 0 Å². The standard InChI is InChI=1S/C21H30N4OS/c1-16(25-12-9-20-18(15-25)10-13-27-20)14-24-21(22-2)23-11-8-17-4-6-19(26-3)7-5-17/h4-7,10,13,16H,8-9,11-12,14-15H2,1-3H3,(H2,22,23,24). The zero-order valence-corrected chi connectivity index (χ0v) is 17.3. The SMILES string of the molecule is CN=C(NCCc1ccc(OC)cc1)NCC(C)N1CCc2sccc2C1. The van der Waals surface area contributed by atoms with Gasteiger partial charge in [0, 0.05) is 44.1 Å². The van der Waals surface area contributed by atoms with E-state index in [0.29, 0.717) is 6.04 Å². The van der Waals surface area contributed by atoms with Crippen molar-refractivity contribution >= 4 is 17.3 Å². The molecule has 2 N–H and O–H groups in total. The van der Waals surface area contributed by atoms with Crippen molar-refractivity contribution in [3.63, 3.8) is 0 Å². The fourth-order valence-electron chi connectivity index (χ4n) is 3.36. The number of methoxy groups -OCH3 is 1. The lowest BCUT2D eigenvalue weighted by Gasteiger charge is -2.32. The fraction of sp³-hybridized carbons (Fsp3) is 0.476. The Bertz CT molecular complexity index is 741. The van der Waals surface area contributed by atoms with Gasteiger partial charge in [-0.25, -0.2) is 0 Å². The summed E-state index contributed by atoms with van der Waals surface area (Å²) in [6.45, 7) is 6.23. The van der Waals surface area contributed by atoms with Crippen molar-refractivity contribution in [3.05, 3.63) is 51.7 Å². The lowest BCUT2D eigenvalue weighted by Crippen LogP contribution is -2.47. The molecule has 1 aromatic carbocycles. The second-order valence-electron chi connectivity index (χ2n) is 6.92. The number of guanidine groups is 1. The van der Waals surface area contributed by atoms with E-state index in [1.807, 2.05) is 30.5 Å². The number of nitrogens with one attached hydrogen (secondary N) is 2. The van der Waals surface area contributed by atoms with E-state index >= 15 is 0 Å². The molecule has 1 atom stereocenters. The Balaban J connectivity index is 1.39. The number of thiophene rings is 1. The van der Waals surface area contributed by atoms with Crippen LogP contribution in [0.1, 0.15) is 22.9 Å². The Morgan fingerprint density at radius 1 is 1.26 bits per heavy atom. The van der Waals surface area contributed by atoms with E-state index in [-0.39, 0.29) is 0 Å². The van der Waals surface area contributed by atoms with E-state index in [2.05, 4.69) is 51.0 Å². The topological polar surface area (TPSA) is 48.9 Å². The maximum atomic E-state index is 5.20. The van der Waals surface area contributed by atoms with Crippen molar-refractivity contribution in [1.82, 2.24) is 15.5 Å². The first kappa shape index (κ1) is 19.7. The number of benzene rings is 1. The number of hydrogen-bond acceptors (Lipinski definition) is 4. The molecule has 0 saturated carbocycles. The molecular formula is C21H30N4OS. The molecule has 5 nitrogen and oxygen atoms in total. The molecule has 1 aliphatic heterocycles. The molecule has 2 heterocycles. The number of fused-ring (bicyclic) bond motifs is 1. The van der Waals surface area contributed by atoms with E-state index in [9.17, 15) is 0 Å². The molecule has 0 aliphatic carbocycles. The lowest BCUT2D eigenvalue weighted by molar-refractivity contribution is 0.192. The maximum Gasteiger partial charge on any atom is 0.191 e. The van der Waals surface area contributed by atoms with E-state index in [0.717, 1.165) is 44.3 Å². The summed E-state index contributed by atoms with van der Waals surface area (Å²) in [4.78, 5) is 8.46. The Morgan fingerprint density at radius 3 is 2.81 bits per heavy atom. The Hall–Kier alpha value is -2.05. The minimum Gasteiger partial charge on any atom is -0.497 e. The van der Waals surface area contributed by atoms with Gasteiger partial charge in [0.2, 0.25) is 0 Å². The predicted molar refractivity (Wildman–Crippen MR) is 114 cm³/mol. The largest absolute Gasteiger partial charge is 0.497 e. The van der Waals surface area contributed by atoms with E-state index in [1.165, 1.54) is 17.5 Å². The van der Waals surface area contributed by atoms with Gasteiger partial charge in [0.1, 0.15) is 5.75 Å².